The first-order chi connectivity index (χ1) is 12.4. The number of amides is 3. The fraction of sp³-hybridized carbons (Fsp3) is 0.533. The van der Waals surface area contributed by atoms with Gasteiger partial charge in [-0.3, -0.25) is 4.79 Å². The fourth-order valence-corrected chi connectivity index (χ4v) is 5.54. The van der Waals surface area contributed by atoms with Crippen LogP contribution in [0.2, 0.25) is 0 Å². The quantitative estimate of drug-likeness (QED) is 0.217. The van der Waals surface area contributed by atoms with Gasteiger partial charge in [0.2, 0.25) is 5.92 Å². The summed E-state index contributed by atoms with van der Waals surface area (Å²) in [5.41, 5.74) is 0.575. The molecule has 1 aliphatic carbocycles. The van der Waals surface area contributed by atoms with Crippen LogP contribution in [0.25, 0.3) is 0 Å². The number of quaternary nitrogens is 1. The minimum atomic E-state index is -1.45. The highest BCUT2D eigenvalue weighted by molar-refractivity contribution is 8.02. The average Bonchev–Trinajstić information content (AvgIpc) is 2.76. The SMILES string of the molecule is CNC(=O)N(O)[N+]12C(=O)C(C(=O)O)C(SC)=CN1SC1=C2CCCCC1. The summed E-state index contributed by atoms with van der Waals surface area (Å²) in [4.78, 5) is 38.8. The molecule has 0 aromatic carbocycles. The monoisotopic (exact) mass is 401 g/mol. The van der Waals surface area contributed by atoms with E-state index in [4.69, 9.17) is 0 Å². The number of nitrogens with zero attached hydrogens (tertiary/aromatic N) is 3. The molecule has 3 aliphatic rings. The second-order valence-corrected chi connectivity index (χ2v) is 8.04. The van der Waals surface area contributed by atoms with E-state index in [1.165, 1.54) is 35.2 Å². The molecule has 0 saturated heterocycles. The number of allylic oxidation sites excluding steroid dienone is 2. The van der Waals surface area contributed by atoms with E-state index in [0.29, 0.717) is 22.2 Å². The van der Waals surface area contributed by atoms with Crippen molar-refractivity contribution in [2.24, 2.45) is 5.92 Å². The van der Waals surface area contributed by atoms with Crippen LogP contribution in [0.5, 0.6) is 0 Å². The summed E-state index contributed by atoms with van der Waals surface area (Å²) in [6.07, 6.45) is 7.21. The number of hydrogen-bond donors (Lipinski definition) is 3. The van der Waals surface area contributed by atoms with Crippen LogP contribution >= 0.6 is 23.7 Å². The molecule has 0 aromatic heterocycles. The van der Waals surface area contributed by atoms with E-state index in [2.05, 4.69) is 5.32 Å². The summed E-state index contributed by atoms with van der Waals surface area (Å²) in [6, 6.07) is -0.882. The minimum absolute atomic E-state index is 0.312. The zero-order chi connectivity index (χ0) is 19.1. The number of hydrogen-bond acceptors (Lipinski definition) is 7. The number of carbonyl (C=O) groups excluding carboxylic acids is 2. The van der Waals surface area contributed by atoms with Crippen LogP contribution in [-0.4, -0.2) is 55.8 Å². The van der Waals surface area contributed by atoms with Crippen LogP contribution in [0.15, 0.2) is 21.7 Å². The molecule has 0 radical (unpaired) electrons. The number of carboxylic acid groups (broad SMARTS) is 1. The molecule has 9 nitrogen and oxygen atoms in total. The summed E-state index contributed by atoms with van der Waals surface area (Å²) >= 11 is 2.46. The van der Waals surface area contributed by atoms with E-state index in [1.807, 2.05) is 0 Å². The summed E-state index contributed by atoms with van der Waals surface area (Å²) in [7, 11) is 1.34. The summed E-state index contributed by atoms with van der Waals surface area (Å²) in [5.74, 6) is -3.52. The number of aliphatic carboxylic acids is 1. The van der Waals surface area contributed by atoms with Crippen molar-refractivity contribution in [2.75, 3.05) is 13.3 Å². The molecule has 2 aliphatic heterocycles. The maximum absolute atomic E-state index is 13.4. The molecule has 2 unspecified atom stereocenters. The van der Waals surface area contributed by atoms with E-state index in [0.717, 1.165) is 30.6 Å². The van der Waals surface area contributed by atoms with Crippen molar-refractivity contribution in [3.8, 4) is 0 Å². The van der Waals surface area contributed by atoms with Crippen molar-refractivity contribution in [1.82, 2.24) is 14.9 Å². The Labute approximate surface area is 159 Å². The van der Waals surface area contributed by atoms with Crippen LogP contribution in [-0.2, 0) is 9.59 Å². The lowest BCUT2D eigenvalue weighted by Gasteiger charge is -2.43. The number of thioether (sulfide) groups is 1. The molecule has 3 rings (SSSR count). The van der Waals surface area contributed by atoms with Gasteiger partial charge in [-0.05, 0) is 25.5 Å². The lowest BCUT2D eigenvalue weighted by molar-refractivity contribution is -1.03. The zero-order valence-electron chi connectivity index (χ0n) is 14.5. The van der Waals surface area contributed by atoms with Crippen molar-refractivity contribution in [3.05, 3.63) is 21.7 Å². The maximum Gasteiger partial charge on any atom is 0.394 e. The van der Waals surface area contributed by atoms with E-state index < -0.39 is 28.5 Å². The Balaban J connectivity index is 2.22. The molecule has 26 heavy (non-hydrogen) atoms. The third-order valence-electron chi connectivity index (χ3n) is 4.73. The molecule has 2 heterocycles. The van der Waals surface area contributed by atoms with Gasteiger partial charge in [0.25, 0.3) is 0 Å². The van der Waals surface area contributed by atoms with Crippen molar-refractivity contribution in [3.63, 3.8) is 0 Å². The molecule has 0 saturated carbocycles. The lowest BCUT2D eigenvalue weighted by atomic mass is 10.1. The van der Waals surface area contributed by atoms with Crippen molar-refractivity contribution >= 4 is 41.6 Å². The molecular weight excluding hydrogens is 380 g/mol. The molecule has 0 aromatic rings. The van der Waals surface area contributed by atoms with E-state index in [1.54, 1.807) is 12.5 Å². The third-order valence-corrected chi connectivity index (χ3v) is 6.73. The zero-order valence-corrected chi connectivity index (χ0v) is 16.1. The molecule has 3 amide bonds. The van der Waals surface area contributed by atoms with Crippen LogP contribution in [0.4, 0.5) is 4.79 Å². The largest absolute Gasteiger partial charge is 0.480 e. The van der Waals surface area contributed by atoms with Gasteiger partial charge in [0.15, 0.2) is 5.70 Å². The van der Waals surface area contributed by atoms with Crippen LogP contribution in [0.3, 0.4) is 0 Å². The Hall–Kier alpha value is -1.69. The number of hydroxylamine groups is 1. The number of rotatable bonds is 3. The van der Waals surface area contributed by atoms with Gasteiger partial charge in [-0.15, -0.1) is 16.2 Å². The molecular formula is C15H21N4O5S2+. The Bertz CT molecular complexity index is 725. The van der Waals surface area contributed by atoms with Gasteiger partial charge >= 0.3 is 17.9 Å². The Morgan fingerprint density at radius 3 is 2.69 bits per heavy atom. The summed E-state index contributed by atoms with van der Waals surface area (Å²) in [6.45, 7) is 0. The second-order valence-electron chi connectivity index (χ2n) is 6.12. The van der Waals surface area contributed by atoms with Crippen molar-refractivity contribution in [2.45, 2.75) is 32.1 Å². The normalized spacial score (nSPS) is 28.1. The summed E-state index contributed by atoms with van der Waals surface area (Å²) in [5, 5.41) is 23.0. The van der Waals surface area contributed by atoms with Gasteiger partial charge in [-0.2, -0.15) is 0 Å². The number of carboxylic acids is 1. The molecule has 0 spiro atoms. The molecule has 142 valence electrons. The van der Waals surface area contributed by atoms with Gasteiger partial charge < -0.3 is 10.4 Å². The predicted molar refractivity (Wildman–Crippen MR) is 95.6 cm³/mol. The maximum atomic E-state index is 13.4. The highest BCUT2D eigenvalue weighted by Gasteiger charge is 2.66. The second kappa shape index (κ2) is 7.14. The lowest BCUT2D eigenvalue weighted by Crippen LogP contribution is -2.71. The van der Waals surface area contributed by atoms with Gasteiger partial charge in [-0.1, -0.05) is 6.42 Å². The van der Waals surface area contributed by atoms with Crippen molar-refractivity contribution in [1.29, 1.82) is 0 Å². The Kier molecular flexibility index (Phi) is 5.24. The smallest absolute Gasteiger partial charge is 0.394 e. The van der Waals surface area contributed by atoms with Gasteiger partial charge in [0, 0.05) is 40.2 Å². The number of urea groups is 1. The fourth-order valence-electron chi connectivity index (χ4n) is 3.50. The Morgan fingerprint density at radius 1 is 1.38 bits per heavy atom. The van der Waals surface area contributed by atoms with Gasteiger partial charge in [-0.25, -0.2) is 14.8 Å². The van der Waals surface area contributed by atoms with Crippen LogP contribution in [0.1, 0.15) is 32.1 Å². The number of carbonyl (C=O) groups is 3. The molecule has 3 N–H and O–H groups in total. The standard InChI is InChI=1S/C15H20N4O5S2/c1-16-15(23)18(24)19-9-6-4-3-5-7-10(9)26-17(19)8-11(25-2)12(13(19)20)14(21)22/h8,12,24H,3-7H2,1-2H3,(H-,16,21,22,23)/p+1. The third kappa shape index (κ3) is 2.61. The molecule has 11 heteroatoms. The topological polar surface area (TPSA) is 110 Å². The first kappa shape index (κ1) is 19.1. The highest BCUT2D eigenvalue weighted by atomic mass is 32.2. The Morgan fingerprint density at radius 2 is 2.08 bits per heavy atom. The predicted octanol–water partition coefficient (Wildman–Crippen LogP) is 2.25. The van der Waals surface area contributed by atoms with E-state index in [9.17, 15) is 24.7 Å². The minimum Gasteiger partial charge on any atom is -0.480 e. The molecule has 0 fully saturated rings. The van der Waals surface area contributed by atoms with Crippen LogP contribution in [0, 0.1) is 5.92 Å². The summed E-state index contributed by atoms with van der Waals surface area (Å²) < 4.78 is 0.555. The van der Waals surface area contributed by atoms with E-state index >= 15 is 0 Å². The average molecular weight is 401 g/mol. The number of fused-ring (bicyclic) bond motifs is 2. The molecule has 2 atom stereocenters. The van der Waals surface area contributed by atoms with E-state index in [-0.39, 0.29) is 0 Å². The first-order valence-corrected chi connectivity index (χ1v) is 10.2. The van der Waals surface area contributed by atoms with Gasteiger partial charge in [0.1, 0.15) is 0 Å². The first-order valence-electron chi connectivity index (χ1n) is 8.23. The van der Waals surface area contributed by atoms with Crippen LogP contribution < -0.4 is 5.32 Å². The highest BCUT2D eigenvalue weighted by Crippen LogP contribution is 2.53. The molecule has 0 bridgehead atoms. The van der Waals surface area contributed by atoms with Crippen molar-refractivity contribution < 1.29 is 29.4 Å². The number of nitrogens with one attached hydrogen (secondary N) is 1. The van der Waals surface area contributed by atoms with Gasteiger partial charge in [0.05, 0.1) is 11.1 Å².